The monoisotopic (exact) mass is 453 g/mol. The van der Waals surface area contributed by atoms with Crippen molar-refractivity contribution in [3.05, 3.63) is 70.0 Å². The summed E-state index contributed by atoms with van der Waals surface area (Å²) in [5, 5.41) is 3.94. The fraction of sp³-hybridized carbons (Fsp3) is 0.375. The first kappa shape index (κ1) is 22.5. The van der Waals surface area contributed by atoms with Crippen molar-refractivity contribution in [1.29, 1.82) is 0 Å². The van der Waals surface area contributed by atoms with E-state index in [1.807, 2.05) is 18.2 Å². The van der Waals surface area contributed by atoms with Gasteiger partial charge in [-0.1, -0.05) is 42.1 Å². The van der Waals surface area contributed by atoms with E-state index in [-0.39, 0.29) is 17.6 Å². The average Bonchev–Trinajstić information content (AvgIpc) is 3.33. The molecule has 2 aromatic carbocycles. The van der Waals surface area contributed by atoms with Gasteiger partial charge < -0.3 is 14.8 Å². The van der Waals surface area contributed by atoms with E-state index in [1.165, 1.54) is 11.8 Å². The molecule has 1 fully saturated rings. The number of amides is 1. The molecule has 8 heteroatoms. The zero-order chi connectivity index (χ0) is 22.3. The maximum absolute atomic E-state index is 13.4. The number of hydrogen-bond acceptors (Lipinski definition) is 6. The predicted molar refractivity (Wildman–Crippen MR) is 125 cm³/mol. The van der Waals surface area contributed by atoms with Gasteiger partial charge in [-0.15, -0.1) is 0 Å². The molecule has 0 saturated carbocycles. The number of hydrogen-bond donors (Lipinski definition) is 1. The van der Waals surface area contributed by atoms with Crippen molar-refractivity contribution in [2.24, 2.45) is 0 Å². The molecule has 1 aliphatic rings. The van der Waals surface area contributed by atoms with Crippen LogP contribution in [0.1, 0.15) is 28.8 Å². The smallest absolute Gasteiger partial charge is 0.262 e. The van der Waals surface area contributed by atoms with E-state index in [0.717, 1.165) is 25.0 Å². The SMILES string of the molecule is COCCNC(=O)c1ccc2c(=O)n(C[C@H]3CCCO3)c(SCc3ccccc3)nc2c1. The van der Waals surface area contributed by atoms with Crippen molar-refractivity contribution in [3.8, 4) is 0 Å². The van der Waals surface area contributed by atoms with Gasteiger partial charge in [0, 0.05) is 31.6 Å². The number of methoxy groups -OCH3 is 1. The highest BCUT2D eigenvalue weighted by atomic mass is 32.2. The number of carbonyl (C=O) groups excluding carboxylic acids is 1. The van der Waals surface area contributed by atoms with Crippen LogP contribution in [0.4, 0.5) is 0 Å². The summed E-state index contributed by atoms with van der Waals surface area (Å²) in [5.41, 5.74) is 2.04. The molecule has 0 aliphatic carbocycles. The van der Waals surface area contributed by atoms with Crippen molar-refractivity contribution in [3.63, 3.8) is 0 Å². The molecule has 1 amide bonds. The Morgan fingerprint density at radius 3 is 2.88 bits per heavy atom. The first-order chi connectivity index (χ1) is 15.7. The number of ether oxygens (including phenoxy) is 2. The van der Waals surface area contributed by atoms with E-state index in [1.54, 1.807) is 29.9 Å². The molecule has 1 N–H and O–H groups in total. The van der Waals surface area contributed by atoms with Crippen LogP contribution in [0.3, 0.4) is 0 Å². The van der Waals surface area contributed by atoms with Crippen LogP contribution in [0.5, 0.6) is 0 Å². The Hall–Kier alpha value is -2.68. The van der Waals surface area contributed by atoms with Crippen LogP contribution in [0.15, 0.2) is 58.5 Å². The summed E-state index contributed by atoms with van der Waals surface area (Å²) >= 11 is 1.52. The molecule has 1 aromatic heterocycles. The van der Waals surface area contributed by atoms with Crippen molar-refractivity contribution in [1.82, 2.24) is 14.9 Å². The number of rotatable bonds is 9. The predicted octanol–water partition coefficient (Wildman–Crippen LogP) is 3.24. The fourth-order valence-corrected chi connectivity index (χ4v) is 4.66. The maximum Gasteiger partial charge on any atom is 0.262 e. The summed E-state index contributed by atoms with van der Waals surface area (Å²) < 4.78 is 12.5. The van der Waals surface area contributed by atoms with Gasteiger partial charge in [-0.3, -0.25) is 14.2 Å². The molecule has 0 unspecified atom stereocenters. The van der Waals surface area contributed by atoms with Crippen molar-refractivity contribution in [2.45, 2.75) is 36.4 Å². The third-order valence-corrected chi connectivity index (χ3v) is 6.44. The van der Waals surface area contributed by atoms with Crippen LogP contribution >= 0.6 is 11.8 Å². The second-order valence-electron chi connectivity index (χ2n) is 7.70. The Balaban J connectivity index is 1.67. The number of carbonyl (C=O) groups is 1. The number of benzene rings is 2. The lowest BCUT2D eigenvalue weighted by Gasteiger charge is -2.17. The molecule has 1 saturated heterocycles. The van der Waals surface area contributed by atoms with Gasteiger partial charge in [-0.05, 0) is 36.6 Å². The molecule has 32 heavy (non-hydrogen) atoms. The minimum Gasteiger partial charge on any atom is -0.383 e. The van der Waals surface area contributed by atoms with Crippen molar-refractivity contribution in [2.75, 3.05) is 26.9 Å². The highest BCUT2D eigenvalue weighted by Gasteiger charge is 2.21. The Morgan fingerprint density at radius 2 is 2.12 bits per heavy atom. The van der Waals surface area contributed by atoms with E-state index in [0.29, 0.717) is 47.1 Å². The molecule has 168 valence electrons. The zero-order valence-electron chi connectivity index (χ0n) is 18.1. The van der Waals surface area contributed by atoms with Crippen LogP contribution < -0.4 is 10.9 Å². The standard InChI is InChI=1S/C24H27N3O4S/c1-30-13-11-25-22(28)18-9-10-20-21(14-18)26-24(32-16-17-6-3-2-4-7-17)27(23(20)29)15-19-8-5-12-31-19/h2-4,6-7,9-10,14,19H,5,8,11-13,15-16H2,1H3,(H,25,28)/t19-/m1/s1. The van der Waals surface area contributed by atoms with Crippen LogP contribution in [-0.2, 0) is 21.8 Å². The normalized spacial score (nSPS) is 15.8. The Labute approximate surface area is 191 Å². The van der Waals surface area contributed by atoms with E-state index in [9.17, 15) is 9.59 Å². The molecular formula is C24H27N3O4S. The minimum atomic E-state index is -0.215. The maximum atomic E-state index is 13.4. The zero-order valence-corrected chi connectivity index (χ0v) is 18.9. The van der Waals surface area contributed by atoms with Crippen LogP contribution in [-0.4, -0.2) is 48.4 Å². The lowest BCUT2D eigenvalue weighted by molar-refractivity contribution is 0.0935. The molecule has 1 aliphatic heterocycles. The third-order valence-electron chi connectivity index (χ3n) is 5.40. The second kappa shape index (κ2) is 10.8. The second-order valence-corrected chi connectivity index (χ2v) is 8.64. The summed E-state index contributed by atoms with van der Waals surface area (Å²) in [6.07, 6.45) is 1.97. The number of nitrogens with zero attached hydrogens (tertiary/aromatic N) is 2. The number of fused-ring (bicyclic) bond motifs is 1. The largest absolute Gasteiger partial charge is 0.383 e. The van der Waals surface area contributed by atoms with Crippen LogP contribution in [0.2, 0.25) is 0 Å². The highest BCUT2D eigenvalue weighted by molar-refractivity contribution is 7.98. The molecule has 0 bridgehead atoms. The Morgan fingerprint density at radius 1 is 1.28 bits per heavy atom. The first-order valence-corrected chi connectivity index (χ1v) is 11.7. The average molecular weight is 454 g/mol. The van der Waals surface area contributed by atoms with E-state index in [4.69, 9.17) is 14.5 Å². The number of nitrogens with one attached hydrogen (secondary N) is 1. The van der Waals surface area contributed by atoms with Gasteiger partial charge in [-0.2, -0.15) is 0 Å². The first-order valence-electron chi connectivity index (χ1n) is 10.8. The quantitative estimate of drug-likeness (QED) is 0.304. The molecule has 0 spiro atoms. The molecule has 4 rings (SSSR count). The van der Waals surface area contributed by atoms with Gasteiger partial charge in [0.25, 0.3) is 11.5 Å². The Kier molecular flexibility index (Phi) is 7.57. The van der Waals surface area contributed by atoms with Crippen LogP contribution in [0.25, 0.3) is 10.9 Å². The minimum absolute atomic E-state index is 0.0221. The van der Waals surface area contributed by atoms with E-state index >= 15 is 0 Å². The van der Waals surface area contributed by atoms with Gasteiger partial charge in [0.05, 0.1) is 30.2 Å². The van der Waals surface area contributed by atoms with Gasteiger partial charge in [0.15, 0.2) is 5.16 Å². The summed E-state index contributed by atoms with van der Waals surface area (Å²) in [7, 11) is 1.59. The van der Waals surface area contributed by atoms with Crippen LogP contribution in [0, 0.1) is 0 Å². The van der Waals surface area contributed by atoms with Gasteiger partial charge in [-0.25, -0.2) is 4.98 Å². The molecule has 2 heterocycles. The lowest BCUT2D eigenvalue weighted by Crippen LogP contribution is -2.29. The van der Waals surface area contributed by atoms with E-state index in [2.05, 4.69) is 17.4 Å². The topological polar surface area (TPSA) is 82.5 Å². The van der Waals surface area contributed by atoms with Gasteiger partial charge >= 0.3 is 0 Å². The molecule has 7 nitrogen and oxygen atoms in total. The molecular weight excluding hydrogens is 426 g/mol. The van der Waals surface area contributed by atoms with Crippen molar-refractivity contribution >= 4 is 28.6 Å². The summed E-state index contributed by atoms with van der Waals surface area (Å²) in [5.74, 6) is 0.481. The summed E-state index contributed by atoms with van der Waals surface area (Å²) in [6, 6.07) is 15.1. The summed E-state index contributed by atoms with van der Waals surface area (Å²) in [6.45, 7) is 2.07. The number of aromatic nitrogens is 2. The summed E-state index contributed by atoms with van der Waals surface area (Å²) in [4.78, 5) is 30.6. The van der Waals surface area contributed by atoms with E-state index < -0.39 is 0 Å². The van der Waals surface area contributed by atoms with Gasteiger partial charge in [0.2, 0.25) is 0 Å². The molecule has 0 radical (unpaired) electrons. The lowest BCUT2D eigenvalue weighted by atomic mass is 10.1. The Bertz CT molecular complexity index is 1130. The highest BCUT2D eigenvalue weighted by Crippen LogP contribution is 2.24. The molecule has 3 aromatic rings. The van der Waals surface area contributed by atoms with Crippen molar-refractivity contribution < 1.29 is 14.3 Å². The third kappa shape index (κ3) is 5.38. The van der Waals surface area contributed by atoms with Gasteiger partial charge in [0.1, 0.15) is 0 Å². The fourth-order valence-electron chi connectivity index (χ4n) is 3.70. The molecule has 1 atom stereocenters. The number of thioether (sulfide) groups is 1.